The molecular formula is C72H138NO8+. The van der Waals surface area contributed by atoms with Gasteiger partial charge in [0, 0.05) is 12.8 Å². The molecule has 0 saturated carbocycles. The third-order valence-corrected chi connectivity index (χ3v) is 16.2. The summed E-state index contributed by atoms with van der Waals surface area (Å²) in [6.07, 6.45) is 75.9. The number of carbonyl (C=O) groups is 3. The SMILES string of the molecule is CCCCCCC/C=C\C/C=C\CCCCCCCCCCCC(=O)OC(COC(=O)CCCCCCCCCCCCCCCCCCCCCCCCCCCCCCCCCCCCC)COC(OCC[N+](C)(C)C)C(=O)O. The Labute approximate surface area is 503 Å². The lowest BCUT2D eigenvalue weighted by atomic mass is 10.0. The Bertz CT molecular complexity index is 1380. The minimum absolute atomic E-state index is 0.178. The molecule has 0 saturated heterocycles. The fraction of sp³-hybridized carbons (Fsp3) is 0.903. The second kappa shape index (κ2) is 63.8. The van der Waals surface area contributed by atoms with Gasteiger partial charge in [0.05, 0.1) is 34.4 Å². The Hall–Kier alpha value is -2.23. The first kappa shape index (κ1) is 78.8. The van der Waals surface area contributed by atoms with E-state index >= 15 is 0 Å². The number of hydrogen-bond acceptors (Lipinski definition) is 7. The van der Waals surface area contributed by atoms with E-state index in [1.54, 1.807) is 0 Å². The summed E-state index contributed by atoms with van der Waals surface area (Å²) in [5.41, 5.74) is 0. The third kappa shape index (κ3) is 65.2. The lowest BCUT2D eigenvalue weighted by molar-refractivity contribution is -0.870. The van der Waals surface area contributed by atoms with Crippen LogP contribution in [-0.2, 0) is 33.3 Å². The first-order chi connectivity index (χ1) is 39.6. The van der Waals surface area contributed by atoms with Crippen LogP contribution in [0.1, 0.15) is 361 Å². The predicted octanol–water partition coefficient (Wildman–Crippen LogP) is 21.8. The van der Waals surface area contributed by atoms with Crippen molar-refractivity contribution in [3.63, 3.8) is 0 Å². The molecule has 0 bridgehead atoms. The Morgan fingerprint density at radius 3 is 0.975 bits per heavy atom. The number of hydrogen-bond donors (Lipinski definition) is 1. The first-order valence-corrected chi connectivity index (χ1v) is 35.5. The molecule has 478 valence electrons. The number of likely N-dealkylation sites (N-methyl/N-ethyl adjacent to an activating group) is 1. The van der Waals surface area contributed by atoms with Gasteiger partial charge in [-0.1, -0.05) is 327 Å². The van der Waals surface area contributed by atoms with Crippen LogP contribution in [0.15, 0.2) is 24.3 Å². The number of nitrogens with zero attached hydrogens (tertiary/aromatic N) is 1. The van der Waals surface area contributed by atoms with Crippen molar-refractivity contribution >= 4 is 17.9 Å². The molecule has 0 aliphatic heterocycles. The summed E-state index contributed by atoms with van der Waals surface area (Å²) < 4.78 is 23.0. The van der Waals surface area contributed by atoms with E-state index in [0.29, 0.717) is 17.4 Å². The summed E-state index contributed by atoms with van der Waals surface area (Å²) in [6, 6.07) is 0. The van der Waals surface area contributed by atoms with Crippen LogP contribution >= 0.6 is 0 Å². The van der Waals surface area contributed by atoms with E-state index in [0.717, 1.165) is 51.4 Å². The van der Waals surface area contributed by atoms with Gasteiger partial charge in [0.15, 0.2) is 6.10 Å². The molecule has 0 rings (SSSR count). The highest BCUT2D eigenvalue weighted by atomic mass is 16.7. The highest BCUT2D eigenvalue weighted by molar-refractivity contribution is 5.71. The number of unbranched alkanes of at least 4 members (excludes halogenated alkanes) is 48. The quantitative estimate of drug-likeness (QED) is 0.0211. The van der Waals surface area contributed by atoms with Gasteiger partial charge in [0.2, 0.25) is 0 Å². The first-order valence-electron chi connectivity index (χ1n) is 35.5. The predicted molar refractivity (Wildman–Crippen MR) is 346 cm³/mol. The summed E-state index contributed by atoms with van der Waals surface area (Å²) in [4.78, 5) is 37.6. The lowest BCUT2D eigenvalue weighted by Crippen LogP contribution is -2.40. The molecule has 0 aromatic carbocycles. The van der Waals surface area contributed by atoms with E-state index in [1.807, 2.05) is 21.1 Å². The topological polar surface area (TPSA) is 108 Å². The van der Waals surface area contributed by atoms with Gasteiger partial charge in [0.25, 0.3) is 6.29 Å². The van der Waals surface area contributed by atoms with Gasteiger partial charge in [-0.2, -0.15) is 0 Å². The molecule has 81 heavy (non-hydrogen) atoms. The highest BCUT2D eigenvalue weighted by Gasteiger charge is 2.25. The highest BCUT2D eigenvalue weighted by Crippen LogP contribution is 2.19. The van der Waals surface area contributed by atoms with Gasteiger partial charge in [-0.3, -0.25) is 9.59 Å². The molecule has 2 atom stereocenters. The average Bonchev–Trinajstić information content (AvgIpc) is 3.44. The van der Waals surface area contributed by atoms with Crippen LogP contribution in [0.4, 0.5) is 0 Å². The fourth-order valence-corrected chi connectivity index (χ4v) is 10.8. The van der Waals surface area contributed by atoms with Gasteiger partial charge in [-0.05, 0) is 44.9 Å². The van der Waals surface area contributed by atoms with E-state index in [9.17, 15) is 19.5 Å². The van der Waals surface area contributed by atoms with Crippen LogP contribution < -0.4 is 0 Å². The molecule has 0 heterocycles. The maximum atomic E-state index is 12.9. The number of carboxylic acid groups (broad SMARTS) is 1. The number of esters is 2. The van der Waals surface area contributed by atoms with Gasteiger partial charge in [0.1, 0.15) is 13.2 Å². The van der Waals surface area contributed by atoms with Gasteiger partial charge in [-0.25, -0.2) is 4.79 Å². The van der Waals surface area contributed by atoms with Crippen LogP contribution in [0.5, 0.6) is 0 Å². The summed E-state index contributed by atoms with van der Waals surface area (Å²) >= 11 is 0. The standard InChI is InChI=1S/C72H137NO8/c1-6-8-10-12-14-16-18-20-22-24-26-28-29-30-31-32-33-34-35-36-37-38-39-40-41-43-44-46-48-50-52-54-56-58-60-62-69(74)79-66-68(67-80-72(71(76)77)78-65-64-73(3,4)5)81-70(75)63-61-59-57-55-53-51-49-47-45-42-27-25-23-21-19-17-15-13-11-9-7-2/h19,21,25,27,68,72H,6-18,20,22-24,26,28-67H2,1-5H3/p+1/b21-19-,27-25-. The molecule has 0 spiro atoms. The van der Waals surface area contributed by atoms with E-state index < -0.39 is 24.3 Å². The zero-order chi connectivity index (χ0) is 59.1. The molecule has 0 aromatic rings. The fourth-order valence-electron chi connectivity index (χ4n) is 10.8. The van der Waals surface area contributed by atoms with Crippen molar-refractivity contribution < 1.29 is 42.9 Å². The summed E-state index contributed by atoms with van der Waals surface area (Å²) in [5.74, 6) is -1.98. The summed E-state index contributed by atoms with van der Waals surface area (Å²) in [5, 5.41) is 9.74. The smallest absolute Gasteiger partial charge is 0.361 e. The van der Waals surface area contributed by atoms with Crippen molar-refractivity contribution in [2.24, 2.45) is 0 Å². The number of aliphatic carboxylic acids is 1. The van der Waals surface area contributed by atoms with Crippen molar-refractivity contribution in [1.29, 1.82) is 0 Å². The van der Waals surface area contributed by atoms with E-state index in [-0.39, 0.29) is 32.2 Å². The van der Waals surface area contributed by atoms with Crippen molar-refractivity contribution in [3.8, 4) is 0 Å². The minimum Gasteiger partial charge on any atom is -0.477 e. The monoisotopic (exact) mass is 1150 g/mol. The Morgan fingerprint density at radius 1 is 0.370 bits per heavy atom. The number of rotatable bonds is 67. The molecule has 0 radical (unpaired) electrons. The van der Waals surface area contributed by atoms with Crippen molar-refractivity contribution in [2.45, 2.75) is 373 Å². The van der Waals surface area contributed by atoms with Crippen molar-refractivity contribution in [3.05, 3.63) is 24.3 Å². The number of ether oxygens (including phenoxy) is 4. The molecule has 2 unspecified atom stereocenters. The summed E-state index contributed by atoms with van der Waals surface area (Å²) in [6.45, 7) is 4.93. The Morgan fingerprint density at radius 2 is 0.667 bits per heavy atom. The number of quaternary nitrogens is 1. The van der Waals surface area contributed by atoms with Crippen LogP contribution in [-0.4, -0.2) is 87.4 Å². The van der Waals surface area contributed by atoms with Crippen LogP contribution in [0.25, 0.3) is 0 Å². The van der Waals surface area contributed by atoms with Crippen molar-refractivity contribution in [1.82, 2.24) is 0 Å². The normalized spacial score (nSPS) is 12.8. The van der Waals surface area contributed by atoms with Gasteiger partial charge >= 0.3 is 17.9 Å². The van der Waals surface area contributed by atoms with Gasteiger partial charge < -0.3 is 28.5 Å². The van der Waals surface area contributed by atoms with Crippen LogP contribution in [0.3, 0.4) is 0 Å². The molecule has 0 amide bonds. The Balaban J connectivity index is 3.99. The maximum Gasteiger partial charge on any atom is 0.361 e. The molecule has 0 aromatic heterocycles. The second-order valence-electron chi connectivity index (χ2n) is 25.6. The number of carboxylic acids is 1. The lowest BCUT2D eigenvalue weighted by Gasteiger charge is -2.25. The zero-order valence-electron chi connectivity index (χ0n) is 54.7. The largest absolute Gasteiger partial charge is 0.477 e. The maximum absolute atomic E-state index is 12.9. The molecule has 9 nitrogen and oxygen atoms in total. The minimum atomic E-state index is -1.51. The van der Waals surface area contributed by atoms with Crippen molar-refractivity contribution in [2.75, 3.05) is 47.5 Å². The van der Waals surface area contributed by atoms with E-state index in [1.165, 1.54) is 283 Å². The van der Waals surface area contributed by atoms with Gasteiger partial charge in [-0.15, -0.1) is 0 Å². The Kier molecular flexibility index (Phi) is 62.0. The van der Waals surface area contributed by atoms with Crippen LogP contribution in [0, 0.1) is 0 Å². The summed E-state index contributed by atoms with van der Waals surface area (Å²) in [7, 11) is 5.99. The molecular weight excluding hydrogens is 1010 g/mol. The third-order valence-electron chi connectivity index (χ3n) is 16.2. The molecule has 0 fully saturated rings. The molecule has 0 aliphatic carbocycles. The zero-order valence-corrected chi connectivity index (χ0v) is 54.7. The number of allylic oxidation sites excluding steroid dienone is 4. The van der Waals surface area contributed by atoms with E-state index in [4.69, 9.17) is 18.9 Å². The molecule has 9 heteroatoms. The van der Waals surface area contributed by atoms with E-state index in [2.05, 4.69) is 38.2 Å². The molecule has 1 N–H and O–H groups in total. The van der Waals surface area contributed by atoms with Crippen LogP contribution in [0.2, 0.25) is 0 Å². The number of carbonyl (C=O) groups excluding carboxylic acids is 2. The molecule has 0 aliphatic rings. The average molecular weight is 1150 g/mol. The second-order valence-corrected chi connectivity index (χ2v) is 25.6.